The molecule has 2 aromatic rings. The van der Waals surface area contributed by atoms with Gasteiger partial charge in [-0.3, -0.25) is 4.72 Å². The minimum atomic E-state index is -3.40. The Balaban J connectivity index is 2.37. The highest BCUT2D eigenvalue weighted by molar-refractivity contribution is 7.94. The third-order valence-electron chi connectivity index (χ3n) is 2.32. The Kier molecular flexibility index (Phi) is 2.87. The van der Waals surface area contributed by atoms with Gasteiger partial charge < -0.3 is 0 Å². The second kappa shape index (κ2) is 3.96. The molecular weight excluding hydrogens is 256 g/mol. The Morgan fingerprint density at radius 3 is 2.47 bits per heavy atom. The largest absolute Gasteiger partial charge is 0.258 e. The van der Waals surface area contributed by atoms with E-state index in [2.05, 4.69) is 9.71 Å². The molecule has 6 heteroatoms. The lowest BCUT2D eigenvalue weighted by Crippen LogP contribution is -2.33. The zero-order valence-electron chi connectivity index (χ0n) is 9.89. The molecule has 92 valence electrons. The van der Waals surface area contributed by atoms with Crippen LogP contribution in [-0.4, -0.2) is 18.1 Å². The topological polar surface area (TPSA) is 59.1 Å². The maximum absolute atomic E-state index is 12.0. The van der Waals surface area contributed by atoms with Crippen LogP contribution in [0.1, 0.15) is 20.8 Å². The summed E-state index contributed by atoms with van der Waals surface area (Å²) in [5.74, 6) is 0. The molecule has 0 fully saturated rings. The molecule has 0 atom stereocenters. The molecule has 4 nitrogen and oxygen atoms in total. The fourth-order valence-corrected chi connectivity index (χ4v) is 2.98. The number of thiazole rings is 1. The van der Waals surface area contributed by atoms with Gasteiger partial charge in [-0.05, 0) is 32.9 Å². The second-order valence-corrected chi connectivity index (χ2v) is 8.17. The normalized spacial score (nSPS) is 12.9. The summed E-state index contributed by atoms with van der Waals surface area (Å²) in [7, 11) is -3.40. The van der Waals surface area contributed by atoms with Gasteiger partial charge in [-0.2, -0.15) is 0 Å². The number of hydrogen-bond acceptors (Lipinski definition) is 4. The summed E-state index contributed by atoms with van der Waals surface area (Å²) in [4.78, 5) is 4.24. The molecule has 0 aliphatic carbocycles. The minimum absolute atomic E-state index is 0.418. The molecule has 0 aliphatic heterocycles. The third-order valence-corrected chi connectivity index (χ3v) is 5.48. The first-order valence-corrected chi connectivity index (χ1v) is 7.47. The van der Waals surface area contributed by atoms with Gasteiger partial charge in [-0.25, -0.2) is 13.4 Å². The molecule has 2 rings (SSSR count). The summed E-state index contributed by atoms with van der Waals surface area (Å²) in [5.41, 5.74) is 0.809. The summed E-state index contributed by atoms with van der Waals surface area (Å²) < 4.78 is 26.6. The number of hydrogen-bond donors (Lipinski definition) is 1. The van der Waals surface area contributed by atoms with Crippen molar-refractivity contribution in [3.63, 3.8) is 0 Å². The van der Waals surface area contributed by atoms with E-state index in [1.54, 1.807) is 20.8 Å². The fourth-order valence-electron chi connectivity index (χ4n) is 1.18. The summed E-state index contributed by atoms with van der Waals surface area (Å²) in [6, 6.07) is 7.56. The zero-order chi connectivity index (χ0) is 12.7. The number of benzene rings is 1. The number of para-hydroxylation sites is 1. The van der Waals surface area contributed by atoms with E-state index in [9.17, 15) is 8.42 Å². The van der Waals surface area contributed by atoms with Crippen LogP contribution in [0.5, 0.6) is 0 Å². The van der Waals surface area contributed by atoms with Crippen LogP contribution in [0.4, 0.5) is 5.13 Å². The maximum Gasteiger partial charge on any atom is 0.239 e. The fraction of sp³-hybridized carbons (Fsp3) is 0.364. The number of aromatic nitrogens is 1. The van der Waals surface area contributed by atoms with E-state index >= 15 is 0 Å². The highest BCUT2D eigenvalue weighted by Crippen LogP contribution is 2.28. The van der Waals surface area contributed by atoms with Gasteiger partial charge >= 0.3 is 0 Å². The van der Waals surface area contributed by atoms with Crippen LogP contribution in [0.3, 0.4) is 0 Å². The Morgan fingerprint density at radius 2 is 1.88 bits per heavy atom. The van der Waals surface area contributed by atoms with Crippen molar-refractivity contribution in [2.24, 2.45) is 0 Å². The zero-order valence-corrected chi connectivity index (χ0v) is 11.5. The molecule has 0 spiro atoms. The van der Waals surface area contributed by atoms with Crippen LogP contribution >= 0.6 is 11.3 Å². The molecule has 0 aliphatic rings. The first-order valence-electron chi connectivity index (χ1n) is 5.17. The van der Waals surface area contributed by atoms with Crippen molar-refractivity contribution < 1.29 is 8.42 Å². The van der Waals surface area contributed by atoms with Crippen LogP contribution < -0.4 is 4.72 Å². The molecule has 0 radical (unpaired) electrons. The van der Waals surface area contributed by atoms with Crippen molar-refractivity contribution in [3.05, 3.63) is 24.3 Å². The summed E-state index contributed by atoms with van der Waals surface area (Å²) in [6.07, 6.45) is 0. The number of rotatable bonds is 2. The van der Waals surface area contributed by atoms with E-state index in [1.165, 1.54) is 11.3 Å². The molecule has 0 bridgehead atoms. The van der Waals surface area contributed by atoms with Gasteiger partial charge in [0.15, 0.2) is 5.13 Å². The predicted octanol–water partition coefficient (Wildman–Crippen LogP) is 2.84. The SMILES string of the molecule is CC(C)(C)S(=O)(=O)Nc1nc2ccccc2s1. The van der Waals surface area contributed by atoms with Crippen molar-refractivity contribution in [1.82, 2.24) is 4.98 Å². The molecule has 1 aromatic heterocycles. The maximum atomic E-state index is 12.0. The van der Waals surface area contributed by atoms with Gasteiger partial charge in [0.05, 0.1) is 15.0 Å². The van der Waals surface area contributed by atoms with Crippen LogP contribution in [0, 0.1) is 0 Å². The van der Waals surface area contributed by atoms with Gasteiger partial charge in [-0.1, -0.05) is 23.5 Å². The highest BCUT2D eigenvalue weighted by Gasteiger charge is 2.29. The van der Waals surface area contributed by atoms with Crippen molar-refractivity contribution in [1.29, 1.82) is 0 Å². The molecule has 1 N–H and O–H groups in total. The monoisotopic (exact) mass is 270 g/mol. The Hall–Kier alpha value is -1.14. The second-order valence-electron chi connectivity index (χ2n) is 4.70. The molecule has 0 amide bonds. The lowest BCUT2D eigenvalue weighted by atomic mass is 10.3. The Morgan fingerprint density at radius 1 is 1.24 bits per heavy atom. The quantitative estimate of drug-likeness (QED) is 0.913. The van der Waals surface area contributed by atoms with Gasteiger partial charge in [0.1, 0.15) is 0 Å². The van der Waals surface area contributed by atoms with E-state index in [1.807, 2.05) is 24.3 Å². The van der Waals surface area contributed by atoms with Gasteiger partial charge in [-0.15, -0.1) is 0 Å². The Labute approximate surface area is 105 Å². The van der Waals surface area contributed by atoms with Crippen LogP contribution in [0.25, 0.3) is 10.2 Å². The van der Waals surface area contributed by atoms with E-state index in [-0.39, 0.29) is 0 Å². The smallest absolute Gasteiger partial charge is 0.239 e. The molecule has 0 saturated heterocycles. The van der Waals surface area contributed by atoms with E-state index in [0.717, 1.165) is 10.2 Å². The molecule has 0 saturated carbocycles. The van der Waals surface area contributed by atoms with E-state index < -0.39 is 14.8 Å². The molecule has 0 unspecified atom stereocenters. The van der Waals surface area contributed by atoms with Crippen molar-refractivity contribution in [2.45, 2.75) is 25.5 Å². The van der Waals surface area contributed by atoms with Crippen LogP contribution in [0.15, 0.2) is 24.3 Å². The van der Waals surface area contributed by atoms with E-state index in [4.69, 9.17) is 0 Å². The lowest BCUT2D eigenvalue weighted by molar-refractivity contribution is 0.566. The average Bonchev–Trinajstić information content (AvgIpc) is 2.56. The number of sulfonamides is 1. The van der Waals surface area contributed by atoms with Crippen LogP contribution in [0.2, 0.25) is 0 Å². The number of anilines is 1. The number of nitrogens with zero attached hydrogens (tertiary/aromatic N) is 1. The standard InChI is InChI=1S/C11H14N2O2S2/c1-11(2,3)17(14,15)13-10-12-8-6-4-5-7-9(8)16-10/h4-7H,1-3H3,(H,12,13). The summed E-state index contributed by atoms with van der Waals surface area (Å²) in [6.45, 7) is 4.97. The average molecular weight is 270 g/mol. The first-order chi connectivity index (χ1) is 7.79. The summed E-state index contributed by atoms with van der Waals surface area (Å²) in [5, 5.41) is 0.418. The Bertz CT molecular complexity index is 606. The van der Waals surface area contributed by atoms with Crippen LogP contribution in [-0.2, 0) is 10.0 Å². The number of fused-ring (bicyclic) bond motifs is 1. The molecule has 17 heavy (non-hydrogen) atoms. The summed E-state index contributed by atoms with van der Waals surface area (Å²) >= 11 is 1.34. The lowest BCUT2D eigenvalue weighted by Gasteiger charge is -2.18. The molecule has 1 heterocycles. The van der Waals surface area contributed by atoms with Gasteiger partial charge in [0.2, 0.25) is 10.0 Å². The van der Waals surface area contributed by atoms with Crippen molar-refractivity contribution >= 4 is 36.7 Å². The molecular formula is C11H14N2O2S2. The predicted molar refractivity (Wildman–Crippen MR) is 71.9 cm³/mol. The highest BCUT2D eigenvalue weighted by atomic mass is 32.2. The third kappa shape index (κ3) is 2.42. The first kappa shape index (κ1) is 12.3. The van der Waals surface area contributed by atoms with Crippen molar-refractivity contribution in [3.8, 4) is 0 Å². The minimum Gasteiger partial charge on any atom is -0.258 e. The van der Waals surface area contributed by atoms with Gasteiger partial charge in [0.25, 0.3) is 0 Å². The van der Waals surface area contributed by atoms with Gasteiger partial charge in [0, 0.05) is 0 Å². The van der Waals surface area contributed by atoms with Crippen molar-refractivity contribution in [2.75, 3.05) is 4.72 Å². The molecule has 1 aromatic carbocycles. The number of nitrogens with one attached hydrogen (secondary N) is 1. The van der Waals surface area contributed by atoms with E-state index in [0.29, 0.717) is 5.13 Å².